The number of para-hydroxylation sites is 1. The molecule has 0 saturated carbocycles. The Labute approximate surface area is 174 Å². The monoisotopic (exact) mass is 412 g/mol. The minimum Gasteiger partial charge on any atom is -0.491 e. The van der Waals surface area contributed by atoms with E-state index in [4.69, 9.17) is 9.47 Å². The van der Waals surface area contributed by atoms with Gasteiger partial charge in [-0.2, -0.15) is 0 Å². The van der Waals surface area contributed by atoms with Crippen molar-refractivity contribution in [1.29, 1.82) is 0 Å². The first-order valence-corrected chi connectivity index (χ1v) is 9.36. The summed E-state index contributed by atoms with van der Waals surface area (Å²) in [4.78, 5) is 47.4. The number of ketones is 1. The molecule has 2 aromatic carbocycles. The third-order valence-electron chi connectivity index (χ3n) is 3.83. The van der Waals surface area contributed by atoms with Gasteiger partial charge in [-0.25, -0.2) is 0 Å². The fourth-order valence-electron chi connectivity index (χ4n) is 2.49. The molecule has 8 heteroatoms. The van der Waals surface area contributed by atoms with E-state index in [0.29, 0.717) is 22.6 Å². The quantitative estimate of drug-likeness (QED) is 0.484. The van der Waals surface area contributed by atoms with Crippen LogP contribution in [0.1, 0.15) is 41.5 Å². The molecule has 158 valence electrons. The van der Waals surface area contributed by atoms with Crippen molar-refractivity contribution in [3.63, 3.8) is 0 Å². The van der Waals surface area contributed by atoms with Crippen molar-refractivity contribution in [3.05, 3.63) is 59.7 Å². The van der Waals surface area contributed by atoms with E-state index in [-0.39, 0.29) is 18.4 Å². The van der Waals surface area contributed by atoms with Gasteiger partial charge in [-0.3, -0.25) is 19.2 Å². The molecular formula is C22H24N2O6. The number of nitrogens with one attached hydrogen (secondary N) is 2. The van der Waals surface area contributed by atoms with Crippen LogP contribution in [0.15, 0.2) is 48.5 Å². The Balaban J connectivity index is 1.77. The summed E-state index contributed by atoms with van der Waals surface area (Å²) >= 11 is 0. The van der Waals surface area contributed by atoms with Crippen molar-refractivity contribution in [2.75, 3.05) is 18.5 Å². The molecule has 0 aromatic heterocycles. The maximum atomic E-state index is 12.1. The fraction of sp³-hybridized carbons (Fsp3) is 0.273. The molecule has 0 atom stereocenters. The van der Waals surface area contributed by atoms with Gasteiger partial charge in [-0.05, 0) is 57.2 Å². The number of amides is 2. The maximum Gasteiger partial charge on any atom is 0.325 e. The molecule has 2 N–H and O–H groups in total. The van der Waals surface area contributed by atoms with Gasteiger partial charge >= 0.3 is 5.97 Å². The maximum absolute atomic E-state index is 12.1. The molecule has 2 amide bonds. The van der Waals surface area contributed by atoms with Crippen LogP contribution in [-0.2, 0) is 14.3 Å². The van der Waals surface area contributed by atoms with Crippen molar-refractivity contribution < 1.29 is 28.7 Å². The van der Waals surface area contributed by atoms with E-state index in [0.717, 1.165) is 0 Å². The van der Waals surface area contributed by atoms with Crippen molar-refractivity contribution in [2.24, 2.45) is 0 Å². The topological polar surface area (TPSA) is 111 Å². The number of esters is 1. The number of ether oxygens (including phenoxy) is 2. The van der Waals surface area contributed by atoms with Gasteiger partial charge in [0.1, 0.15) is 12.3 Å². The number of rotatable bonds is 9. The predicted molar refractivity (Wildman–Crippen MR) is 111 cm³/mol. The van der Waals surface area contributed by atoms with Crippen LogP contribution in [0, 0.1) is 0 Å². The summed E-state index contributed by atoms with van der Waals surface area (Å²) in [5.41, 5.74) is 1.05. The number of anilines is 1. The summed E-state index contributed by atoms with van der Waals surface area (Å²) in [6, 6.07) is 13.0. The zero-order valence-corrected chi connectivity index (χ0v) is 17.1. The fourth-order valence-corrected chi connectivity index (χ4v) is 2.49. The second-order valence-corrected chi connectivity index (χ2v) is 6.68. The Kier molecular flexibility index (Phi) is 8.10. The van der Waals surface area contributed by atoms with Crippen LogP contribution in [0.2, 0.25) is 0 Å². The van der Waals surface area contributed by atoms with E-state index in [1.165, 1.54) is 6.92 Å². The molecule has 2 rings (SSSR count). The Morgan fingerprint density at radius 1 is 0.967 bits per heavy atom. The van der Waals surface area contributed by atoms with E-state index >= 15 is 0 Å². The lowest BCUT2D eigenvalue weighted by Gasteiger charge is -2.11. The van der Waals surface area contributed by atoms with Gasteiger partial charge in [0.05, 0.1) is 11.8 Å². The highest BCUT2D eigenvalue weighted by Crippen LogP contribution is 2.15. The summed E-state index contributed by atoms with van der Waals surface area (Å²) in [6.07, 6.45) is 0.0209. The molecule has 0 unspecified atom stereocenters. The van der Waals surface area contributed by atoms with Crippen LogP contribution < -0.4 is 15.4 Å². The third kappa shape index (κ3) is 7.05. The largest absolute Gasteiger partial charge is 0.491 e. The van der Waals surface area contributed by atoms with E-state index in [2.05, 4.69) is 10.6 Å². The average Bonchev–Trinajstić information content (AvgIpc) is 2.70. The smallest absolute Gasteiger partial charge is 0.325 e. The lowest BCUT2D eigenvalue weighted by molar-refractivity contribution is -0.146. The zero-order valence-electron chi connectivity index (χ0n) is 17.1. The molecule has 0 spiro atoms. The van der Waals surface area contributed by atoms with Gasteiger partial charge in [-0.15, -0.1) is 0 Å². The number of hydrogen-bond acceptors (Lipinski definition) is 6. The summed E-state index contributed by atoms with van der Waals surface area (Å²) in [6.45, 7) is 4.25. The minimum absolute atomic E-state index is 0.0209. The number of carbonyl (C=O) groups excluding carboxylic acids is 4. The highest BCUT2D eigenvalue weighted by Gasteiger charge is 2.13. The molecule has 0 bridgehead atoms. The van der Waals surface area contributed by atoms with Crippen LogP contribution >= 0.6 is 0 Å². The molecule has 0 aliphatic carbocycles. The van der Waals surface area contributed by atoms with Crippen molar-refractivity contribution >= 4 is 29.3 Å². The van der Waals surface area contributed by atoms with E-state index in [9.17, 15) is 19.2 Å². The first-order valence-electron chi connectivity index (χ1n) is 9.36. The van der Waals surface area contributed by atoms with Gasteiger partial charge in [0.15, 0.2) is 12.4 Å². The Bertz CT molecular complexity index is 921. The highest BCUT2D eigenvalue weighted by molar-refractivity contribution is 6.04. The first-order chi connectivity index (χ1) is 14.3. The molecule has 0 aliphatic heterocycles. The molecule has 0 saturated heterocycles. The van der Waals surface area contributed by atoms with E-state index in [1.54, 1.807) is 48.5 Å². The Hall–Kier alpha value is -3.68. The Morgan fingerprint density at radius 2 is 1.63 bits per heavy atom. The normalized spacial score (nSPS) is 10.3. The average molecular weight is 412 g/mol. The third-order valence-corrected chi connectivity index (χ3v) is 3.83. The molecule has 0 radical (unpaired) electrons. The summed E-state index contributed by atoms with van der Waals surface area (Å²) in [5.74, 6) is -1.38. The molecule has 0 aliphatic rings. The first kappa shape index (κ1) is 22.6. The molecule has 2 aromatic rings. The number of Topliss-reactive ketones (excluding diaryl/α,β-unsaturated/α-hetero) is 1. The zero-order chi connectivity index (χ0) is 22.1. The summed E-state index contributed by atoms with van der Waals surface area (Å²) in [7, 11) is 0. The molecular weight excluding hydrogens is 388 g/mol. The van der Waals surface area contributed by atoms with Crippen LogP contribution in [0.5, 0.6) is 5.75 Å². The van der Waals surface area contributed by atoms with Crippen LogP contribution in [0.4, 0.5) is 5.69 Å². The SMILES string of the molecule is CC(=O)c1ccccc1NC(=O)COC(=O)CNC(=O)c1ccc(OC(C)C)cc1. The van der Waals surface area contributed by atoms with Gasteiger partial charge in [0.2, 0.25) is 0 Å². The van der Waals surface area contributed by atoms with Crippen molar-refractivity contribution in [1.82, 2.24) is 5.32 Å². The minimum atomic E-state index is -0.766. The molecule has 30 heavy (non-hydrogen) atoms. The summed E-state index contributed by atoms with van der Waals surface area (Å²) in [5, 5.41) is 4.95. The lowest BCUT2D eigenvalue weighted by atomic mass is 10.1. The van der Waals surface area contributed by atoms with Crippen molar-refractivity contribution in [3.8, 4) is 5.75 Å². The van der Waals surface area contributed by atoms with Crippen LogP contribution in [0.25, 0.3) is 0 Å². The lowest BCUT2D eigenvalue weighted by Crippen LogP contribution is -2.32. The number of hydrogen-bond donors (Lipinski definition) is 2. The van der Waals surface area contributed by atoms with Gasteiger partial charge in [0.25, 0.3) is 11.8 Å². The van der Waals surface area contributed by atoms with Crippen LogP contribution in [0.3, 0.4) is 0 Å². The van der Waals surface area contributed by atoms with E-state index in [1.807, 2.05) is 13.8 Å². The highest BCUT2D eigenvalue weighted by atomic mass is 16.5. The van der Waals surface area contributed by atoms with Gasteiger partial charge in [-0.1, -0.05) is 12.1 Å². The standard InChI is InChI=1S/C22H24N2O6/c1-14(2)30-17-10-8-16(9-11-17)22(28)23-12-21(27)29-13-20(26)24-19-7-5-4-6-18(19)15(3)25/h4-11,14H,12-13H2,1-3H3,(H,23,28)(H,24,26). The van der Waals surface area contributed by atoms with Crippen LogP contribution in [-0.4, -0.2) is 42.8 Å². The predicted octanol–water partition coefficient (Wildman–Crippen LogP) is 2.59. The Morgan fingerprint density at radius 3 is 2.27 bits per heavy atom. The number of carbonyl (C=O) groups is 4. The second-order valence-electron chi connectivity index (χ2n) is 6.68. The van der Waals surface area contributed by atoms with E-state index < -0.39 is 24.4 Å². The number of benzene rings is 2. The molecule has 8 nitrogen and oxygen atoms in total. The second kappa shape index (κ2) is 10.8. The molecule has 0 fully saturated rings. The summed E-state index contributed by atoms with van der Waals surface area (Å²) < 4.78 is 10.4. The van der Waals surface area contributed by atoms with Gasteiger partial charge < -0.3 is 20.1 Å². The van der Waals surface area contributed by atoms with Crippen molar-refractivity contribution in [2.45, 2.75) is 26.9 Å². The van der Waals surface area contributed by atoms with Gasteiger partial charge in [0, 0.05) is 11.1 Å². The molecule has 0 heterocycles.